The van der Waals surface area contributed by atoms with Gasteiger partial charge >= 0.3 is 0 Å². The summed E-state index contributed by atoms with van der Waals surface area (Å²) in [5, 5.41) is 8.73. The van der Waals surface area contributed by atoms with Gasteiger partial charge in [0.15, 0.2) is 0 Å². The van der Waals surface area contributed by atoms with Crippen molar-refractivity contribution in [2.75, 3.05) is 5.32 Å². The van der Waals surface area contributed by atoms with Crippen LogP contribution < -0.4 is 11.1 Å². The van der Waals surface area contributed by atoms with Gasteiger partial charge in [-0.15, -0.1) is 0 Å². The summed E-state index contributed by atoms with van der Waals surface area (Å²) in [6.45, 7) is 1.89. The van der Waals surface area contributed by atoms with Crippen LogP contribution in [-0.4, -0.2) is 19.8 Å². The summed E-state index contributed by atoms with van der Waals surface area (Å²) < 4.78 is 1.74. The van der Waals surface area contributed by atoms with Gasteiger partial charge in [0, 0.05) is 12.4 Å². The van der Waals surface area contributed by atoms with Crippen LogP contribution in [0.1, 0.15) is 11.3 Å². The fraction of sp³-hybridized carbons (Fsp3) is 0.133. The number of aryl methyl sites for hydroxylation is 2. The Labute approximate surface area is 127 Å². The number of pyridine rings is 1. The Hall–Kier alpha value is -2.47. The Morgan fingerprint density at radius 1 is 1.33 bits per heavy atom. The van der Waals surface area contributed by atoms with E-state index >= 15 is 0 Å². The highest BCUT2D eigenvalue weighted by Gasteiger charge is 2.15. The number of aromatic nitrogens is 3. The maximum absolute atomic E-state index is 5.80. The van der Waals surface area contributed by atoms with E-state index in [4.69, 9.17) is 18.0 Å². The molecule has 0 aliphatic rings. The molecule has 2 aromatic heterocycles. The number of para-hydroxylation sites is 1. The normalized spacial score (nSPS) is 10.8. The number of nitrogens with two attached hydrogens (primary N) is 1. The first kappa shape index (κ1) is 13.5. The standard InChI is InChI=1S/C15H15N5S/c1-9-13(14(16)21)15(20(2)19-9)18-11-7-10-5-3-4-6-12(10)17-8-11/h3-8,18H,1-2H3,(H2,16,21). The molecular formula is C15H15N5S. The Balaban J connectivity index is 2.04. The van der Waals surface area contributed by atoms with Gasteiger partial charge in [-0.1, -0.05) is 30.4 Å². The van der Waals surface area contributed by atoms with Crippen LogP contribution in [0.3, 0.4) is 0 Å². The fourth-order valence-corrected chi connectivity index (χ4v) is 2.62. The summed E-state index contributed by atoms with van der Waals surface area (Å²) in [6, 6.07) is 10.00. The highest BCUT2D eigenvalue weighted by Crippen LogP contribution is 2.24. The lowest BCUT2D eigenvalue weighted by Crippen LogP contribution is -2.13. The third kappa shape index (κ3) is 2.45. The molecule has 0 amide bonds. The molecule has 106 valence electrons. The molecule has 3 N–H and O–H groups in total. The second kappa shape index (κ2) is 5.14. The van der Waals surface area contributed by atoms with Crippen LogP contribution in [0.5, 0.6) is 0 Å². The average molecular weight is 297 g/mol. The zero-order valence-corrected chi connectivity index (χ0v) is 12.6. The SMILES string of the molecule is Cc1nn(C)c(Nc2cnc3ccccc3c2)c1C(N)=S. The summed E-state index contributed by atoms with van der Waals surface area (Å²) in [5.41, 5.74) is 9.19. The molecule has 2 heterocycles. The van der Waals surface area contributed by atoms with Gasteiger partial charge in [-0.05, 0) is 19.1 Å². The zero-order valence-electron chi connectivity index (χ0n) is 11.8. The highest BCUT2D eigenvalue weighted by atomic mass is 32.1. The molecule has 0 saturated carbocycles. The number of nitrogens with one attached hydrogen (secondary N) is 1. The molecule has 3 rings (SSSR count). The number of thiocarbonyl (C=S) groups is 1. The van der Waals surface area contributed by atoms with Crippen LogP contribution >= 0.6 is 12.2 Å². The van der Waals surface area contributed by atoms with Gasteiger partial charge in [-0.2, -0.15) is 5.10 Å². The monoisotopic (exact) mass is 297 g/mol. The minimum Gasteiger partial charge on any atom is -0.389 e. The third-order valence-corrected chi connectivity index (χ3v) is 3.53. The Morgan fingerprint density at radius 2 is 2.10 bits per heavy atom. The molecule has 0 atom stereocenters. The molecule has 21 heavy (non-hydrogen) atoms. The van der Waals surface area contributed by atoms with Crippen molar-refractivity contribution in [3.8, 4) is 0 Å². The fourth-order valence-electron chi connectivity index (χ4n) is 2.37. The van der Waals surface area contributed by atoms with Crippen LogP contribution in [0, 0.1) is 6.92 Å². The predicted octanol–water partition coefficient (Wildman–Crippen LogP) is 2.65. The lowest BCUT2D eigenvalue weighted by Gasteiger charge is -2.09. The topological polar surface area (TPSA) is 68.8 Å². The zero-order chi connectivity index (χ0) is 15.0. The smallest absolute Gasteiger partial charge is 0.138 e. The van der Waals surface area contributed by atoms with Crippen LogP contribution in [-0.2, 0) is 7.05 Å². The Morgan fingerprint density at radius 3 is 2.86 bits per heavy atom. The maximum Gasteiger partial charge on any atom is 0.138 e. The summed E-state index contributed by atoms with van der Waals surface area (Å²) >= 11 is 5.11. The average Bonchev–Trinajstić information content (AvgIpc) is 2.73. The van der Waals surface area contributed by atoms with Crippen molar-refractivity contribution < 1.29 is 0 Å². The summed E-state index contributed by atoms with van der Waals surface area (Å²) in [4.78, 5) is 4.76. The van der Waals surface area contributed by atoms with Crippen molar-refractivity contribution in [1.29, 1.82) is 0 Å². The quantitative estimate of drug-likeness (QED) is 0.727. The lowest BCUT2D eigenvalue weighted by atomic mass is 10.2. The number of hydrogen-bond acceptors (Lipinski definition) is 4. The van der Waals surface area contributed by atoms with Gasteiger partial charge in [-0.25, -0.2) is 0 Å². The maximum atomic E-state index is 5.80. The predicted molar refractivity (Wildman–Crippen MR) is 88.9 cm³/mol. The van der Waals surface area contributed by atoms with E-state index in [0.717, 1.165) is 33.7 Å². The third-order valence-electron chi connectivity index (χ3n) is 3.32. The van der Waals surface area contributed by atoms with Crippen molar-refractivity contribution in [1.82, 2.24) is 14.8 Å². The van der Waals surface area contributed by atoms with E-state index in [2.05, 4.69) is 15.4 Å². The van der Waals surface area contributed by atoms with Gasteiger partial charge in [0.1, 0.15) is 10.8 Å². The number of fused-ring (bicyclic) bond motifs is 1. The molecule has 0 unspecified atom stereocenters. The van der Waals surface area contributed by atoms with Crippen molar-refractivity contribution in [2.24, 2.45) is 12.8 Å². The molecular weight excluding hydrogens is 282 g/mol. The minimum atomic E-state index is 0.330. The van der Waals surface area contributed by atoms with Crippen molar-refractivity contribution in [3.05, 3.63) is 47.8 Å². The summed E-state index contributed by atoms with van der Waals surface area (Å²) in [6.07, 6.45) is 1.79. The highest BCUT2D eigenvalue weighted by molar-refractivity contribution is 7.80. The molecule has 0 bridgehead atoms. The molecule has 5 nitrogen and oxygen atoms in total. The molecule has 1 aromatic carbocycles. The van der Waals surface area contributed by atoms with Gasteiger partial charge in [0.25, 0.3) is 0 Å². The molecule has 0 aliphatic carbocycles. The van der Waals surface area contributed by atoms with Crippen LogP contribution in [0.2, 0.25) is 0 Å². The van der Waals surface area contributed by atoms with Gasteiger partial charge in [0.2, 0.25) is 0 Å². The number of nitrogens with zero attached hydrogens (tertiary/aromatic N) is 3. The first-order chi connectivity index (χ1) is 10.1. The van der Waals surface area contributed by atoms with Crippen molar-refractivity contribution in [3.63, 3.8) is 0 Å². The largest absolute Gasteiger partial charge is 0.389 e. The summed E-state index contributed by atoms with van der Waals surface area (Å²) in [7, 11) is 1.85. The van der Waals surface area contributed by atoms with E-state index in [0.29, 0.717) is 4.99 Å². The first-order valence-electron chi connectivity index (χ1n) is 6.51. The van der Waals surface area contributed by atoms with Crippen molar-refractivity contribution in [2.45, 2.75) is 6.92 Å². The van der Waals surface area contributed by atoms with Crippen molar-refractivity contribution >= 4 is 39.6 Å². The van der Waals surface area contributed by atoms with E-state index < -0.39 is 0 Å². The second-order valence-corrected chi connectivity index (χ2v) is 5.28. The number of hydrogen-bond donors (Lipinski definition) is 2. The summed E-state index contributed by atoms with van der Waals surface area (Å²) in [5.74, 6) is 0.775. The van der Waals surface area contributed by atoms with Gasteiger partial charge in [-0.3, -0.25) is 9.67 Å². The second-order valence-electron chi connectivity index (χ2n) is 4.84. The van der Waals surface area contributed by atoms with E-state index in [1.807, 2.05) is 44.3 Å². The van der Waals surface area contributed by atoms with E-state index in [-0.39, 0.29) is 0 Å². The molecule has 0 radical (unpaired) electrons. The molecule has 3 aromatic rings. The van der Waals surface area contributed by atoms with Crippen LogP contribution in [0.4, 0.5) is 11.5 Å². The van der Waals surface area contributed by atoms with Crippen LogP contribution in [0.25, 0.3) is 10.9 Å². The Bertz CT molecular complexity index is 837. The number of benzene rings is 1. The molecule has 0 saturated heterocycles. The molecule has 0 aliphatic heterocycles. The van der Waals surface area contributed by atoms with Crippen LogP contribution in [0.15, 0.2) is 36.5 Å². The van der Waals surface area contributed by atoms with Gasteiger partial charge in [0.05, 0.1) is 28.7 Å². The Kier molecular flexibility index (Phi) is 3.31. The van der Waals surface area contributed by atoms with E-state index in [9.17, 15) is 0 Å². The number of anilines is 2. The van der Waals surface area contributed by atoms with E-state index in [1.54, 1.807) is 10.9 Å². The number of rotatable bonds is 3. The first-order valence-corrected chi connectivity index (χ1v) is 6.92. The lowest BCUT2D eigenvalue weighted by molar-refractivity contribution is 0.765. The van der Waals surface area contributed by atoms with E-state index in [1.165, 1.54) is 0 Å². The van der Waals surface area contributed by atoms with Gasteiger partial charge < -0.3 is 11.1 Å². The minimum absolute atomic E-state index is 0.330. The molecule has 0 fully saturated rings. The molecule has 6 heteroatoms. The molecule has 0 spiro atoms.